The second kappa shape index (κ2) is 15.9. The molecule has 2 amide bonds. The highest BCUT2D eigenvalue weighted by molar-refractivity contribution is 5.84. The predicted octanol–water partition coefficient (Wildman–Crippen LogP) is 2.98. The molecule has 0 spiro atoms. The minimum absolute atomic E-state index is 0.178. The molecule has 6 rings (SSSR count). The number of halogens is 4. The van der Waals surface area contributed by atoms with Crippen LogP contribution in [0.4, 0.5) is 17.6 Å². The van der Waals surface area contributed by atoms with Crippen molar-refractivity contribution in [1.29, 1.82) is 0 Å². The smallest absolute Gasteiger partial charge is 0.252 e. The number of aliphatic hydroxyl groups is 4. The van der Waals surface area contributed by atoms with Gasteiger partial charge in [0.05, 0.1) is 37.5 Å². The van der Waals surface area contributed by atoms with Gasteiger partial charge in [-0.1, -0.05) is 60.7 Å². The van der Waals surface area contributed by atoms with Crippen molar-refractivity contribution in [3.8, 4) is 0 Å². The van der Waals surface area contributed by atoms with Gasteiger partial charge in [0.2, 0.25) is 0 Å². The first-order valence-electron chi connectivity index (χ1n) is 16.5. The second-order valence-electron chi connectivity index (χ2n) is 12.8. The van der Waals surface area contributed by atoms with E-state index < -0.39 is 108 Å². The molecule has 2 aliphatic rings. The number of carbonyl (C=O) groups excluding carboxylic acids is 2. The van der Waals surface area contributed by atoms with Gasteiger partial charge in [0.1, 0.15) is 35.5 Å². The highest BCUT2D eigenvalue weighted by Gasteiger charge is 2.44. The van der Waals surface area contributed by atoms with E-state index in [2.05, 4.69) is 10.6 Å². The van der Waals surface area contributed by atoms with E-state index >= 15 is 0 Å². The Morgan fingerprint density at radius 2 is 0.942 bits per heavy atom. The van der Waals surface area contributed by atoms with Gasteiger partial charge in [-0.2, -0.15) is 0 Å². The first kappa shape index (κ1) is 37.1. The topological polar surface area (TPSA) is 158 Å². The Hall–Kier alpha value is -4.70. The minimum Gasteiger partial charge on any atom is -0.390 e. The molecule has 6 N–H and O–H groups in total. The van der Waals surface area contributed by atoms with Gasteiger partial charge in [-0.05, 0) is 46.5 Å². The molecule has 0 radical (unpaired) electrons. The van der Waals surface area contributed by atoms with Crippen LogP contribution in [0, 0.1) is 23.3 Å². The Labute approximate surface area is 295 Å². The Balaban J connectivity index is 1.30. The molecule has 0 saturated carbocycles. The van der Waals surface area contributed by atoms with Gasteiger partial charge >= 0.3 is 0 Å². The molecule has 0 bridgehead atoms. The van der Waals surface area contributed by atoms with Crippen LogP contribution in [0.1, 0.15) is 45.5 Å². The van der Waals surface area contributed by atoms with Crippen LogP contribution in [-0.4, -0.2) is 68.9 Å². The normalized spacial score (nSPS) is 21.5. The summed E-state index contributed by atoms with van der Waals surface area (Å²) in [6.07, 6.45) is -10.9. The molecule has 0 heterocycles. The highest BCUT2D eigenvalue weighted by atomic mass is 19.1. The van der Waals surface area contributed by atoms with E-state index in [0.717, 1.165) is 47.5 Å². The van der Waals surface area contributed by atoms with E-state index in [1.165, 1.54) is 0 Å². The maximum Gasteiger partial charge on any atom is 0.252 e. The largest absolute Gasteiger partial charge is 0.390 e. The number of amides is 2. The maximum absolute atomic E-state index is 14.6. The Kier molecular flexibility index (Phi) is 11.3. The molecule has 0 fully saturated rings. The summed E-state index contributed by atoms with van der Waals surface area (Å²) in [5, 5.41) is 49.7. The summed E-state index contributed by atoms with van der Waals surface area (Å²) in [4.78, 5) is 27.7. The number of hydrogen-bond donors (Lipinski definition) is 6. The average Bonchev–Trinajstić information content (AvgIpc) is 3.61. The monoisotopic (exact) mass is 724 g/mol. The first-order chi connectivity index (χ1) is 24.9. The van der Waals surface area contributed by atoms with Gasteiger partial charge < -0.3 is 40.5 Å². The number of nitrogens with one attached hydrogen (secondary N) is 2. The predicted molar refractivity (Wildman–Crippen MR) is 176 cm³/mol. The fourth-order valence-corrected chi connectivity index (χ4v) is 6.67. The van der Waals surface area contributed by atoms with Gasteiger partial charge in [0, 0.05) is 24.0 Å². The van der Waals surface area contributed by atoms with Gasteiger partial charge in [-0.3, -0.25) is 9.59 Å². The van der Waals surface area contributed by atoms with E-state index in [-0.39, 0.29) is 12.8 Å². The Bertz CT molecular complexity index is 1750. The lowest BCUT2D eigenvalue weighted by Crippen LogP contribution is -2.57. The maximum atomic E-state index is 14.6. The van der Waals surface area contributed by atoms with Crippen LogP contribution in [0.2, 0.25) is 0 Å². The zero-order chi connectivity index (χ0) is 37.1. The molecule has 14 heteroatoms. The van der Waals surface area contributed by atoms with Crippen molar-refractivity contribution in [1.82, 2.24) is 10.6 Å². The second-order valence-corrected chi connectivity index (χ2v) is 12.8. The molecule has 0 saturated heterocycles. The molecule has 0 aromatic heterocycles. The molecule has 10 nitrogen and oxygen atoms in total. The summed E-state index contributed by atoms with van der Waals surface area (Å²) < 4.78 is 69.4. The quantitative estimate of drug-likeness (QED) is 0.115. The van der Waals surface area contributed by atoms with Crippen LogP contribution in [0.15, 0.2) is 84.9 Å². The van der Waals surface area contributed by atoms with Crippen LogP contribution >= 0.6 is 0 Å². The third-order valence-electron chi connectivity index (χ3n) is 9.43. The van der Waals surface area contributed by atoms with Crippen molar-refractivity contribution in [3.63, 3.8) is 0 Å². The summed E-state index contributed by atoms with van der Waals surface area (Å²) in [5.41, 5.74) is 1.35. The molecule has 4 aromatic carbocycles. The summed E-state index contributed by atoms with van der Waals surface area (Å²) in [5.74, 6) is -6.39. The highest BCUT2D eigenvalue weighted by Crippen LogP contribution is 2.33. The van der Waals surface area contributed by atoms with Crippen molar-refractivity contribution in [2.75, 3.05) is 0 Å². The van der Waals surface area contributed by atoms with Crippen LogP contribution in [0.3, 0.4) is 0 Å². The lowest BCUT2D eigenvalue weighted by molar-refractivity contribution is -0.172. The molecule has 8 atom stereocenters. The van der Waals surface area contributed by atoms with Crippen molar-refractivity contribution < 1.29 is 57.1 Å². The Morgan fingerprint density at radius 3 is 1.31 bits per heavy atom. The van der Waals surface area contributed by atoms with E-state index in [1.807, 2.05) is 0 Å². The van der Waals surface area contributed by atoms with Crippen LogP contribution in [0.5, 0.6) is 0 Å². The molecule has 4 aromatic rings. The van der Waals surface area contributed by atoms with E-state index in [0.29, 0.717) is 11.1 Å². The Morgan fingerprint density at radius 1 is 0.596 bits per heavy atom. The molecular weight excluding hydrogens is 688 g/mol. The molecule has 274 valence electrons. The standard InChI is InChI=1S/C38H36F4N2O8/c39-25-11-5-12-26(40)23(25)17-51-35(37(49)43-31-21-9-3-1-7-19(21)15-29(31)45)33(47)34(48)36(52-18-24-27(41)13-6-14-28(24)42)38(50)44-32-22-10-4-2-8-20(22)16-30(32)46/h1-14,29-36,45-48H,15-18H2,(H,43,49)(H,44,50)/t29-,30-,31+,32?,33-,34-,35-,36-/m1/s1. The fourth-order valence-electron chi connectivity index (χ4n) is 6.67. The van der Waals surface area contributed by atoms with Gasteiger partial charge in [0.15, 0.2) is 12.2 Å². The number of benzene rings is 4. The van der Waals surface area contributed by atoms with Crippen molar-refractivity contribution >= 4 is 11.8 Å². The summed E-state index contributed by atoms with van der Waals surface area (Å²) >= 11 is 0. The summed E-state index contributed by atoms with van der Waals surface area (Å²) in [6.45, 7) is -1.85. The third kappa shape index (κ3) is 7.72. The van der Waals surface area contributed by atoms with E-state index in [4.69, 9.17) is 9.47 Å². The molecule has 0 aliphatic heterocycles. The van der Waals surface area contributed by atoms with Gasteiger partial charge in [0.25, 0.3) is 11.8 Å². The molecule has 2 aliphatic carbocycles. The van der Waals surface area contributed by atoms with Gasteiger partial charge in [-0.25, -0.2) is 17.6 Å². The zero-order valence-corrected chi connectivity index (χ0v) is 27.5. The van der Waals surface area contributed by atoms with Crippen molar-refractivity contribution in [3.05, 3.63) is 142 Å². The number of ether oxygens (including phenoxy) is 2. The molecule has 52 heavy (non-hydrogen) atoms. The zero-order valence-electron chi connectivity index (χ0n) is 27.5. The van der Waals surface area contributed by atoms with Crippen LogP contribution in [0.25, 0.3) is 0 Å². The SMILES string of the molecule is O=C(NC1c2ccccc2C[C@H]1O)[C@H](OCc1c(F)cccc1F)[C@H](O)[C@@H](O)[C@@H](OCc1c(F)cccc1F)C(=O)N[C@H]1c2ccccc2C[C@H]1O. The van der Waals surface area contributed by atoms with E-state index in [1.54, 1.807) is 48.5 Å². The lowest BCUT2D eigenvalue weighted by atomic mass is 9.99. The summed E-state index contributed by atoms with van der Waals surface area (Å²) in [6, 6.07) is 17.6. The molecule has 1 unspecified atom stereocenters. The minimum atomic E-state index is -2.38. The van der Waals surface area contributed by atoms with Crippen LogP contribution in [-0.2, 0) is 45.1 Å². The number of carbonyl (C=O) groups is 2. The van der Waals surface area contributed by atoms with Gasteiger partial charge in [-0.15, -0.1) is 0 Å². The fraction of sp³-hybridized carbons (Fsp3) is 0.316. The van der Waals surface area contributed by atoms with Crippen molar-refractivity contribution in [2.24, 2.45) is 0 Å². The van der Waals surface area contributed by atoms with Crippen LogP contribution < -0.4 is 10.6 Å². The first-order valence-corrected chi connectivity index (χ1v) is 16.5. The molecular formula is C38H36F4N2O8. The lowest BCUT2D eigenvalue weighted by Gasteiger charge is -2.32. The number of aliphatic hydroxyl groups excluding tert-OH is 4. The summed E-state index contributed by atoms with van der Waals surface area (Å²) in [7, 11) is 0. The van der Waals surface area contributed by atoms with Crippen molar-refractivity contribution in [2.45, 2.75) is 74.8 Å². The number of rotatable bonds is 13. The number of fused-ring (bicyclic) bond motifs is 2. The average molecular weight is 725 g/mol. The third-order valence-corrected chi connectivity index (χ3v) is 9.43. The van der Waals surface area contributed by atoms with E-state index in [9.17, 15) is 47.6 Å². The number of hydrogen-bond acceptors (Lipinski definition) is 8.